The standard InChI is InChI=1S/C21H20ClN3O3/c1-24(13-16-7-8-18-19(11-16)28-10-9-27-18)17-12-23-25(21(26)20(17)22)14-15-5-3-2-4-6-15/h2-8,11-12H,9-10,13-14H2,1H3. The van der Waals surface area contributed by atoms with Crippen molar-refractivity contribution in [2.45, 2.75) is 13.1 Å². The van der Waals surface area contributed by atoms with Gasteiger partial charge in [-0.2, -0.15) is 5.10 Å². The second-order valence-corrected chi connectivity index (χ2v) is 7.00. The minimum atomic E-state index is -0.308. The van der Waals surface area contributed by atoms with E-state index in [2.05, 4.69) is 5.10 Å². The van der Waals surface area contributed by atoms with Crippen LogP contribution in [0.4, 0.5) is 5.69 Å². The van der Waals surface area contributed by atoms with Gasteiger partial charge < -0.3 is 14.4 Å². The molecular formula is C21H20ClN3O3. The summed E-state index contributed by atoms with van der Waals surface area (Å²) in [4.78, 5) is 14.5. The van der Waals surface area contributed by atoms with Gasteiger partial charge in [0.05, 0.1) is 18.4 Å². The molecule has 0 spiro atoms. The molecule has 0 aliphatic carbocycles. The van der Waals surface area contributed by atoms with Crippen molar-refractivity contribution < 1.29 is 9.47 Å². The van der Waals surface area contributed by atoms with E-state index in [4.69, 9.17) is 21.1 Å². The van der Waals surface area contributed by atoms with Gasteiger partial charge in [0.15, 0.2) is 11.5 Å². The molecule has 2 aromatic carbocycles. The van der Waals surface area contributed by atoms with Gasteiger partial charge >= 0.3 is 0 Å². The minimum absolute atomic E-state index is 0.158. The lowest BCUT2D eigenvalue weighted by Crippen LogP contribution is -2.27. The van der Waals surface area contributed by atoms with Gasteiger partial charge in [0.25, 0.3) is 5.56 Å². The van der Waals surface area contributed by atoms with Crippen molar-refractivity contribution >= 4 is 17.3 Å². The zero-order chi connectivity index (χ0) is 19.5. The largest absolute Gasteiger partial charge is 0.486 e. The van der Waals surface area contributed by atoms with Gasteiger partial charge in [0.2, 0.25) is 0 Å². The van der Waals surface area contributed by atoms with E-state index < -0.39 is 0 Å². The van der Waals surface area contributed by atoms with Crippen LogP contribution in [0.1, 0.15) is 11.1 Å². The Hall–Kier alpha value is -2.99. The van der Waals surface area contributed by atoms with E-state index in [1.807, 2.05) is 60.5 Å². The molecule has 0 N–H and O–H groups in total. The fraction of sp³-hybridized carbons (Fsp3) is 0.238. The maximum Gasteiger partial charge on any atom is 0.287 e. The highest BCUT2D eigenvalue weighted by Gasteiger charge is 2.16. The molecule has 7 heteroatoms. The van der Waals surface area contributed by atoms with Crippen molar-refractivity contribution in [3.8, 4) is 11.5 Å². The molecule has 0 unspecified atom stereocenters. The number of fused-ring (bicyclic) bond motifs is 1. The van der Waals surface area contributed by atoms with Crippen molar-refractivity contribution in [2.75, 3.05) is 25.2 Å². The number of benzene rings is 2. The van der Waals surface area contributed by atoms with Crippen LogP contribution in [0.3, 0.4) is 0 Å². The average Bonchev–Trinajstić information content (AvgIpc) is 2.72. The second kappa shape index (κ2) is 7.94. The summed E-state index contributed by atoms with van der Waals surface area (Å²) in [6.07, 6.45) is 1.63. The molecular weight excluding hydrogens is 378 g/mol. The molecule has 2 heterocycles. The van der Waals surface area contributed by atoms with E-state index in [9.17, 15) is 4.79 Å². The molecule has 0 bridgehead atoms. The van der Waals surface area contributed by atoms with Crippen LogP contribution < -0.4 is 19.9 Å². The molecule has 144 valence electrons. The zero-order valence-corrected chi connectivity index (χ0v) is 16.2. The Morgan fingerprint density at radius 1 is 1.07 bits per heavy atom. The van der Waals surface area contributed by atoms with Gasteiger partial charge in [-0.15, -0.1) is 0 Å². The van der Waals surface area contributed by atoms with Crippen molar-refractivity contribution in [1.82, 2.24) is 9.78 Å². The summed E-state index contributed by atoms with van der Waals surface area (Å²) in [6, 6.07) is 15.5. The number of aromatic nitrogens is 2. The molecule has 0 radical (unpaired) electrons. The summed E-state index contributed by atoms with van der Waals surface area (Å²) >= 11 is 6.38. The lowest BCUT2D eigenvalue weighted by atomic mass is 10.2. The fourth-order valence-corrected chi connectivity index (χ4v) is 3.43. The molecule has 0 atom stereocenters. The van der Waals surface area contributed by atoms with Crippen LogP contribution in [0.15, 0.2) is 59.5 Å². The van der Waals surface area contributed by atoms with Gasteiger partial charge in [-0.05, 0) is 23.3 Å². The zero-order valence-electron chi connectivity index (χ0n) is 15.5. The van der Waals surface area contributed by atoms with Gasteiger partial charge in [-0.3, -0.25) is 4.79 Å². The quantitative estimate of drug-likeness (QED) is 0.660. The third-order valence-corrected chi connectivity index (χ3v) is 4.93. The van der Waals surface area contributed by atoms with Crippen LogP contribution in [-0.2, 0) is 13.1 Å². The Kier molecular flexibility index (Phi) is 5.21. The van der Waals surface area contributed by atoms with E-state index >= 15 is 0 Å². The first-order valence-corrected chi connectivity index (χ1v) is 9.39. The summed E-state index contributed by atoms with van der Waals surface area (Å²) in [6.45, 7) is 2.04. The van der Waals surface area contributed by atoms with Crippen LogP contribution in [0, 0.1) is 0 Å². The minimum Gasteiger partial charge on any atom is -0.486 e. The highest BCUT2D eigenvalue weighted by Crippen LogP contribution is 2.31. The number of nitrogens with zero attached hydrogens (tertiary/aromatic N) is 3. The molecule has 1 aliphatic heterocycles. The molecule has 4 rings (SSSR count). The first kappa shape index (κ1) is 18.4. The van der Waals surface area contributed by atoms with E-state index in [1.165, 1.54) is 4.68 Å². The fourth-order valence-electron chi connectivity index (χ4n) is 3.14. The Morgan fingerprint density at radius 2 is 1.82 bits per heavy atom. The summed E-state index contributed by atoms with van der Waals surface area (Å²) < 4.78 is 12.6. The number of halogens is 1. The average molecular weight is 398 g/mol. The predicted octanol–water partition coefficient (Wildman–Crippen LogP) is 3.35. The molecule has 6 nitrogen and oxygen atoms in total. The van der Waals surface area contributed by atoms with Gasteiger partial charge in [-0.1, -0.05) is 48.0 Å². The molecule has 0 saturated heterocycles. The van der Waals surface area contributed by atoms with E-state index in [1.54, 1.807) is 6.20 Å². The molecule has 3 aromatic rings. The topological polar surface area (TPSA) is 56.6 Å². The van der Waals surface area contributed by atoms with Gasteiger partial charge in [-0.25, -0.2) is 4.68 Å². The lowest BCUT2D eigenvalue weighted by molar-refractivity contribution is 0.171. The predicted molar refractivity (Wildman–Crippen MR) is 109 cm³/mol. The first-order chi connectivity index (χ1) is 13.6. The van der Waals surface area contributed by atoms with Crippen LogP contribution in [-0.4, -0.2) is 30.0 Å². The van der Waals surface area contributed by atoms with Gasteiger partial charge in [0, 0.05) is 13.6 Å². The van der Waals surface area contributed by atoms with Gasteiger partial charge in [0.1, 0.15) is 18.2 Å². The van der Waals surface area contributed by atoms with Crippen molar-refractivity contribution in [2.24, 2.45) is 0 Å². The molecule has 1 aliphatic rings. The maximum atomic E-state index is 12.6. The summed E-state index contributed by atoms with van der Waals surface area (Å²) in [5, 5.41) is 4.46. The molecule has 1 aromatic heterocycles. The van der Waals surface area contributed by atoms with E-state index in [-0.39, 0.29) is 10.6 Å². The molecule has 0 amide bonds. The number of rotatable bonds is 5. The van der Waals surface area contributed by atoms with E-state index in [0.29, 0.717) is 32.0 Å². The molecule has 0 saturated carbocycles. The van der Waals surface area contributed by atoms with Crippen molar-refractivity contribution in [3.05, 3.63) is 81.2 Å². The van der Waals surface area contributed by atoms with Crippen LogP contribution in [0.25, 0.3) is 0 Å². The molecule has 0 fully saturated rings. The smallest absolute Gasteiger partial charge is 0.287 e. The highest BCUT2D eigenvalue weighted by atomic mass is 35.5. The number of hydrogen-bond acceptors (Lipinski definition) is 5. The van der Waals surface area contributed by atoms with E-state index in [0.717, 1.165) is 22.6 Å². The highest BCUT2D eigenvalue weighted by molar-refractivity contribution is 6.33. The Bertz CT molecular complexity index is 1040. The van der Waals surface area contributed by atoms with Crippen molar-refractivity contribution in [1.29, 1.82) is 0 Å². The first-order valence-electron chi connectivity index (χ1n) is 9.01. The second-order valence-electron chi connectivity index (χ2n) is 6.63. The summed E-state index contributed by atoms with van der Waals surface area (Å²) in [5.74, 6) is 1.49. The lowest BCUT2D eigenvalue weighted by Gasteiger charge is -2.23. The number of anilines is 1. The number of ether oxygens (including phenoxy) is 2. The maximum absolute atomic E-state index is 12.6. The van der Waals surface area contributed by atoms with Crippen LogP contribution in [0.2, 0.25) is 5.02 Å². The third-order valence-electron chi connectivity index (χ3n) is 4.58. The monoisotopic (exact) mass is 397 g/mol. The Morgan fingerprint density at radius 3 is 2.61 bits per heavy atom. The van der Waals surface area contributed by atoms with Crippen molar-refractivity contribution in [3.63, 3.8) is 0 Å². The Labute approximate surface area is 167 Å². The Balaban J connectivity index is 1.54. The third kappa shape index (κ3) is 3.82. The summed E-state index contributed by atoms with van der Waals surface area (Å²) in [5.41, 5.74) is 2.30. The molecule has 28 heavy (non-hydrogen) atoms. The van der Waals surface area contributed by atoms with Crippen LogP contribution >= 0.6 is 11.6 Å². The summed E-state index contributed by atoms with van der Waals surface area (Å²) in [7, 11) is 1.88. The van der Waals surface area contributed by atoms with Crippen LogP contribution in [0.5, 0.6) is 11.5 Å². The normalized spacial score (nSPS) is 12.6. The number of hydrogen-bond donors (Lipinski definition) is 0. The SMILES string of the molecule is CN(Cc1ccc2c(c1)OCCO2)c1cnn(Cc2ccccc2)c(=O)c1Cl.